The molecule has 0 aromatic heterocycles. The van der Waals surface area contributed by atoms with E-state index in [1.165, 1.54) is 6.92 Å². The average Bonchev–Trinajstić information content (AvgIpc) is 2.92. The smallest absolute Gasteiger partial charge is 0.327 e. The van der Waals surface area contributed by atoms with Crippen molar-refractivity contribution < 1.29 is 43.7 Å². The van der Waals surface area contributed by atoms with E-state index >= 15 is 0 Å². The number of carbonyl (C=O) groups is 6. The topological polar surface area (TPSA) is 200 Å². The molecule has 4 amide bonds. The molecule has 0 spiro atoms. The highest BCUT2D eigenvalue weighted by molar-refractivity contribution is 7.80. The predicted octanol–water partition coefficient (Wildman–Crippen LogP) is 0.546. The molecule has 0 fully saturated rings. The Morgan fingerprint density at radius 3 is 2.34 bits per heavy atom. The highest BCUT2D eigenvalue weighted by Gasteiger charge is 2.32. The molecule has 4 atom stereocenters. The van der Waals surface area contributed by atoms with E-state index in [1.807, 2.05) is 0 Å². The van der Waals surface area contributed by atoms with E-state index in [9.17, 15) is 39.0 Å². The Morgan fingerprint density at radius 1 is 1.02 bits per heavy atom. The number of carboxylic acids is 2. The van der Waals surface area contributed by atoms with Gasteiger partial charge in [-0.15, -0.1) is 0 Å². The number of rotatable bonds is 8. The van der Waals surface area contributed by atoms with Crippen LogP contribution in [0.25, 0.3) is 0 Å². The summed E-state index contributed by atoms with van der Waals surface area (Å²) in [4.78, 5) is 74.6. The van der Waals surface area contributed by atoms with Crippen molar-refractivity contribution in [1.82, 2.24) is 21.3 Å². The quantitative estimate of drug-likeness (QED) is 0.216. The number of benzene rings is 2. The Labute approximate surface area is 240 Å². The normalized spacial score (nSPS) is 19.6. The Balaban J connectivity index is 2.05. The molecule has 14 heteroatoms. The lowest BCUT2D eigenvalue weighted by atomic mass is 10.0. The van der Waals surface area contributed by atoms with Crippen LogP contribution in [0.5, 0.6) is 11.5 Å². The molecule has 0 unspecified atom stereocenters. The van der Waals surface area contributed by atoms with Gasteiger partial charge in [-0.05, 0) is 41.8 Å². The molecule has 218 valence electrons. The minimum Gasteiger partial charge on any atom is -0.481 e. The van der Waals surface area contributed by atoms with Gasteiger partial charge in [0, 0.05) is 25.5 Å². The minimum atomic E-state index is -1.42. The lowest BCUT2D eigenvalue weighted by molar-refractivity contribution is -0.141. The van der Waals surface area contributed by atoms with Gasteiger partial charge in [-0.25, -0.2) is 4.79 Å². The second kappa shape index (κ2) is 14.2. The van der Waals surface area contributed by atoms with Crippen LogP contribution in [-0.4, -0.2) is 69.7 Å². The molecule has 2 aromatic carbocycles. The number of aliphatic carboxylic acids is 2. The van der Waals surface area contributed by atoms with Gasteiger partial charge in [0.2, 0.25) is 23.6 Å². The molecule has 13 nitrogen and oxygen atoms in total. The minimum absolute atomic E-state index is 0.0691. The van der Waals surface area contributed by atoms with Crippen molar-refractivity contribution in [2.75, 3.05) is 5.75 Å². The number of amides is 4. The summed E-state index contributed by atoms with van der Waals surface area (Å²) in [6.07, 6.45) is -0.897. The summed E-state index contributed by atoms with van der Waals surface area (Å²) < 4.78 is 5.90. The molecule has 0 saturated carbocycles. The van der Waals surface area contributed by atoms with Crippen molar-refractivity contribution in [3.63, 3.8) is 0 Å². The van der Waals surface area contributed by atoms with Crippen LogP contribution in [0.4, 0.5) is 0 Å². The van der Waals surface area contributed by atoms with Gasteiger partial charge in [-0.2, -0.15) is 12.6 Å². The average molecular weight is 587 g/mol. The van der Waals surface area contributed by atoms with Crippen LogP contribution in [0.1, 0.15) is 36.9 Å². The predicted molar refractivity (Wildman–Crippen MR) is 147 cm³/mol. The molecule has 4 bridgehead atoms. The van der Waals surface area contributed by atoms with E-state index in [1.54, 1.807) is 48.5 Å². The first-order valence-corrected chi connectivity index (χ1v) is 13.2. The molecular weight excluding hydrogens is 556 g/mol. The Kier molecular flexibility index (Phi) is 10.7. The Bertz CT molecular complexity index is 1320. The fourth-order valence-corrected chi connectivity index (χ4v) is 4.31. The molecule has 2 aliphatic rings. The van der Waals surface area contributed by atoms with E-state index in [-0.39, 0.29) is 18.6 Å². The van der Waals surface area contributed by atoms with Crippen molar-refractivity contribution in [3.05, 3.63) is 59.7 Å². The van der Waals surface area contributed by atoms with Crippen LogP contribution in [0.2, 0.25) is 0 Å². The van der Waals surface area contributed by atoms with Gasteiger partial charge in [0.05, 0.1) is 0 Å². The Morgan fingerprint density at radius 2 is 1.73 bits per heavy atom. The number of carboxylic acid groups (broad SMARTS) is 2. The lowest BCUT2D eigenvalue weighted by Crippen LogP contribution is -2.57. The van der Waals surface area contributed by atoms with Crippen molar-refractivity contribution in [3.8, 4) is 11.5 Å². The summed E-state index contributed by atoms with van der Waals surface area (Å²) in [5.74, 6) is -5.02. The van der Waals surface area contributed by atoms with Gasteiger partial charge in [-0.3, -0.25) is 24.0 Å². The maximum atomic E-state index is 13.4. The van der Waals surface area contributed by atoms with Gasteiger partial charge in [0.15, 0.2) is 0 Å². The van der Waals surface area contributed by atoms with Crippen LogP contribution >= 0.6 is 12.6 Å². The van der Waals surface area contributed by atoms with Crippen LogP contribution in [0, 0.1) is 0 Å². The van der Waals surface area contributed by atoms with E-state index in [0.29, 0.717) is 22.6 Å². The second-order valence-electron chi connectivity index (χ2n) is 9.29. The summed E-state index contributed by atoms with van der Waals surface area (Å²) in [6, 6.07) is 7.66. The fourth-order valence-electron chi connectivity index (χ4n) is 4.06. The van der Waals surface area contributed by atoms with Crippen molar-refractivity contribution in [1.29, 1.82) is 0 Å². The molecule has 6 N–H and O–H groups in total. The molecule has 41 heavy (non-hydrogen) atoms. The molecule has 4 rings (SSSR count). The van der Waals surface area contributed by atoms with E-state index in [0.717, 1.165) is 0 Å². The first kappa shape index (κ1) is 30.9. The highest BCUT2D eigenvalue weighted by Crippen LogP contribution is 2.26. The first-order chi connectivity index (χ1) is 19.5. The van der Waals surface area contributed by atoms with E-state index in [2.05, 4.69) is 33.9 Å². The van der Waals surface area contributed by atoms with E-state index < -0.39 is 66.2 Å². The maximum Gasteiger partial charge on any atom is 0.327 e. The van der Waals surface area contributed by atoms with Gasteiger partial charge in [0.1, 0.15) is 35.7 Å². The fraction of sp³-hybridized carbons (Fsp3) is 0.333. The highest BCUT2D eigenvalue weighted by atomic mass is 32.1. The largest absolute Gasteiger partial charge is 0.481 e. The third-order valence-corrected chi connectivity index (χ3v) is 6.48. The number of hydrogen-bond acceptors (Lipinski definition) is 8. The molecule has 0 radical (unpaired) electrons. The third-order valence-electron chi connectivity index (χ3n) is 6.11. The van der Waals surface area contributed by atoms with Gasteiger partial charge in [0.25, 0.3) is 0 Å². The molecule has 0 aliphatic carbocycles. The maximum absolute atomic E-state index is 13.4. The van der Waals surface area contributed by atoms with Gasteiger partial charge >= 0.3 is 11.9 Å². The molecule has 2 heterocycles. The van der Waals surface area contributed by atoms with Gasteiger partial charge < -0.3 is 36.2 Å². The number of carbonyl (C=O) groups excluding carboxylic acids is 4. The van der Waals surface area contributed by atoms with Crippen LogP contribution in [0.15, 0.2) is 48.5 Å². The first-order valence-electron chi connectivity index (χ1n) is 12.6. The summed E-state index contributed by atoms with van der Waals surface area (Å²) in [6.45, 7) is 1.21. The summed E-state index contributed by atoms with van der Waals surface area (Å²) in [5, 5.41) is 28.4. The second-order valence-corrected chi connectivity index (χ2v) is 9.66. The summed E-state index contributed by atoms with van der Waals surface area (Å²) >= 11 is 3.95. The zero-order chi connectivity index (χ0) is 30.1. The number of fused-ring (bicyclic) bond motifs is 9. The van der Waals surface area contributed by atoms with Crippen molar-refractivity contribution in [2.24, 2.45) is 0 Å². The monoisotopic (exact) mass is 586 g/mol. The SMILES string of the molecule is CC(=O)N[C@@H]1C(=O)N[C@@H](CCC(=O)O)C(=O)N[C@H](C(=O)N[C@@H](CS)C(=O)O)Cc2ccc(cc2)Oc2cccc1c2. The van der Waals surface area contributed by atoms with Gasteiger partial charge in [-0.1, -0.05) is 24.3 Å². The van der Waals surface area contributed by atoms with Crippen molar-refractivity contribution in [2.45, 2.75) is 50.4 Å². The summed E-state index contributed by atoms with van der Waals surface area (Å²) in [7, 11) is 0. The van der Waals surface area contributed by atoms with E-state index in [4.69, 9.17) is 4.74 Å². The molecular formula is C27H30N4O9S. The lowest BCUT2D eigenvalue weighted by Gasteiger charge is -2.26. The zero-order valence-electron chi connectivity index (χ0n) is 22.0. The molecule has 2 aliphatic heterocycles. The number of hydrogen-bond donors (Lipinski definition) is 7. The molecule has 0 saturated heterocycles. The third kappa shape index (κ3) is 8.96. The standard InChI is InChI=1S/C27H30N4O9S/c1-14(32)28-23-16-3-2-4-18(12-16)40-17-7-5-15(6-8-17)11-20(25(36)31-21(13-41)27(38)39)30-24(35)19(29-26(23)37)9-10-22(33)34/h2-8,12,19-21,23,41H,9-11,13H2,1H3,(H,28,32)(H,29,37)(H,30,35)(H,31,36)(H,33,34)(H,38,39)/t19-,20-,21-,23-/m0/s1. The molecule has 2 aromatic rings. The van der Waals surface area contributed by atoms with Crippen LogP contribution in [-0.2, 0) is 35.2 Å². The number of thiol groups is 1. The van der Waals surface area contributed by atoms with Crippen LogP contribution < -0.4 is 26.0 Å². The van der Waals surface area contributed by atoms with Crippen LogP contribution in [0.3, 0.4) is 0 Å². The zero-order valence-corrected chi connectivity index (χ0v) is 22.9. The Hall–Kier alpha value is -4.59. The number of ether oxygens (including phenoxy) is 1. The summed E-state index contributed by atoms with van der Waals surface area (Å²) in [5.41, 5.74) is 0.924. The van der Waals surface area contributed by atoms with Crippen molar-refractivity contribution >= 4 is 48.2 Å². The number of nitrogens with one attached hydrogen (secondary N) is 4.